The van der Waals surface area contributed by atoms with Gasteiger partial charge in [-0.2, -0.15) is 5.26 Å². The molecule has 6 nitrogen and oxygen atoms in total. The predicted octanol–water partition coefficient (Wildman–Crippen LogP) is 1.73. The molecule has 0 radical (unpaired) electrons. The van der Waals surface area contributed by atoms with Crippen molar-refractivity contribution < 1.29 is 9.66 Å². The number of benzene rings is 1. The van der Waals surface area contributed by atoms with Crippen LogP contribution < -0.4 is 10.5 Å². The molecule has 0 heterocycles. The molecule has 18 heavy (non-hydrogen) atoms. The van der Waals surface area contributed by atoms with Crippen LogP contribution in [0, 0.1) is 21.4 Å². The lowest BCUT2D eigenvalue weighted by Gasteiger charge is -2.13. The average Bonchev–Trinajstić information content (AvgIpc) is 2.75. The SMILES string of the molecule is N#Cc1ccc(OC2CCC(N)C2)c([N+](=O)[O-])c1. The smallest absolute Gasteiger partial charge is 0.312 e. The van der Waals surface area contributed by atoms with Gasteiger partial charge in [0.05, 0.1) is 16.6 Å². The summed E-state index contributed by atoms with van der Waals surface area (Å²) in [5.74, 6) is 0.207. The Bertz CT molecular complexity index is 510. The van der Waals surface area contributed by atoms with Crippen LogP contribution in [0.4, 0.5) is 5.69 Å². The summed E-state index contributed by atoms with van der Waals surface area (Å²) in [5.41, 5.74) is 5.84. The third kappa shape index (κ3) is 2.57. The molecule has 2 N–H and O–H groups in total. The number of nitrogens with two attached hydrogens (primary N) is 1. The van der Waals surface area contributed by atoms with Gasteiger partial charge in [0.1, 0.15) is 6.10 Å². The molecule has 0 aromatic heterocycles. The minimum atomic E-state index is -0.537. The fraction of sp³-hybridized carbons (Fsp3) is 0.417. The third-order valence-corrected chi connectivity index (χ3v) is 3.00. The summed E-state index contributed by atoms with van der Waals surface area (Å²) in [6, 6.07) is 6.18. The normalized spacial score (nSPS) is 22.4. The summed E-state index contributed by atoms with van der Waals surface area (Å²) in [6.07, 6.45) is 2.30. The Morgan fingerprint density at radius 1 is 1.50 bits per heavy atom. The first-order chi connectivity index (χ1) is 8.60. The number of ether oxygens (including phenoxy) is 1. The van der Waals surface area contributed by atoms with Gasteiger partial charge in [-0.25, -0.2) is 0 Å². The molecule has 1 saturated carbocycles. The van der Waals surface area contributed by atoms with Gasteiger partial charge in [0.25, 0.3) is 0 Å². The molecule has 94 valence electrons. The molecule has 0 saturated heterocycles. The van der Waals surface area contributed by atoms with Crippen molar-refractivity contribution in [3.05, 3.63) is 33.9 Å². The fourth-order valence-corrected chi connectivity index (χ4v) is 2.09. The number of hydrogen-bond acceptors (Lipinski definition) is 5. The highest BCUT2D eigenvalue weighted by molar-refractivity contribution is 5.51. The second-order valence-corrected chi connectivity index (χ2v) is 4.36. The van der Waals surface area contributed by atoms with Gasteiger partial charge in [-0.1, -0.05) is 0 Å². The highest BCUT2D eigenvalue weighted by Gasteiger charge is 2.26. The maximum Gasteiger partial charge on any atom is 0.312 e. The lowest BCUT2D eigenvalue weighted by Crippen LogP contribution is -2.19. The van der Waals surface area contributed by atoms with E-state index in [1.165, 1.54) is 18.2 Å². The molecule has 2 unspecified atom stereocenters. The zero-order valence-electron chi connectivity index (χ0n) is 9.70. The lowest BCUT2D eigenvalue weighted by atomic mass is 10.2. The van der Waals surface area contributed by atoms with E-state index in [1.807, 2.05) is 6.07 Å². The van der Waals surface area contributed by atoms with Crippen molar-refractivity contribution in [2.24, 2.45) is 5.73 Å². The molecule has 1 aliphatic carbocycles. The van der Waals surface area contributed by atoms with E-state index < -0.39 is 4.92 Å². The predicted molar refractivity (Wildman–Crippen MR) is 64.1 cm³/mol. The molecule has 0 amide bonds. The van der Waals surface area contributed by atoms with E-state index in [4.69, 9.17) is 15.7 Å². The fourth-order valence-electron chi connectivity index (χ4n) is 2.09. The van der Waals surface area contributed by atoms with Crippen LogP contribution in [0.3, 0.4) is 0 Å². The highest BCUT2D eigenvalue weighted by atomic mass is 16.6. The molecule has 1 aliphatic rings. The van der Waals surface area contributed by atoms with Gasteiger partial charge in [0.2, 0.25) is 0 Å². The van der Waals surface area contributed by atoms with Gasteiger partial charge in [0.15, 0.2) is 5.75 Å². The minimum Gasteiger partial charge on any atom is -0.483 e. The highest BCUT2D eigenvalue weighted by Crippen LogP contribution is 2.31. The van der Waals surface area contributed by atoms with E-state index >= 15 is 0 Å². The number of nitro groups is 1. The maximum absolute atomic E-state index is 10.9. The Kier molecular flexibility index (Phi) is 3.44. The van der Waals surface area contributed by atoms with Crippen molar-refractivity contribution >= 4 is 5.69 Å². The zero-order chi connectivity index (χ0) is 13.1. The van der Waals surface area contributed by atoms with Crippen molar-refractivity contribution in [3.63, 3.8) is 0 Å². The minimum absolute atomic E-state index is 0.0772. The van der Waals surface area contributed by atoms with E-state index in [9.17, 15) is 10.1 Å². The molecule has 0 spiro atoms. The third-order valence-electron chi connectivity index (χ3n) is 3.00. The standard InChI is InChI=1S/C12H13N3O3/c13-7-8-1-4-12(11(5-8)15(16)17)18-10-3-2-9(14)6-10/h1,4-5,9-10H,2-3,6,14H2. The summed E-state index contributed by atoms with van der Waals surface area (Å²) in [6.45, 7) is 0. The maximum atomic E-state index is 10.9. The van der Waals surface area contributed by atoms with Crippen LogP contribution >= 0.6 is 0 Å². The Hall–Kier alpha value is -2.13. The first-order valence-corrected chi connectivity index (χ1v) is 5.71. The van der Waals surface area contributed by atoms with Crippen LogP contribution in [-0.4, -0.2) is 17.1 Å². The van der Waals surface area contributed by atoms with Crippen LogP contribution in [0.15, 0.2) is 18.2 Å². The molecule has 2 atom stereocenters. The number of hydrogen-bond donors (Lipinski definition) is 1. The number of rotatable bonds is 3. The van der Waals surface area contributed by atoms with Crippen molar-refractivity contribution in [1.82, 2.24) is 0 Å². The largest absolute Gasteiger partial charge is 0.483 e. The second-order valence-electron chi connectivity index (χ2n) is 4.36. The van der Waals surface area contributed by atoms with Crippen molar-refractivity contribution in [3.8, 4) is 11.8 Å². The summed E-state index contributed by atoms with van der Waals surface area (Å²) in [5, 5.41) is 19.6. The number of nitriles is 1. The van der Waals surface area contributed by atoms with E-state index in [2.05, 4.69) is 0 Å². The topological polar surface area (TPSA) is 102 Å². The zero-order valence-corrected chi connectivity index (χ0v) is 9.70. The summed E-state index contributed by atoms with van der Waals surface area (Å²) < 4.78 is 5.61. The Morgan fingerprint density at radius 3 is 2.83 bits per heavy atom. The Balaban J connectivity index is 2.22. The van der Waals surface area contributed by atoms with Crippen LogP contribution in [0.2, 0.25) is 0 Å². The molecule has 1 aromatic carbocycles. The van der Waals surface area contributed by atoms with Crippen LogP contribution in [-0.2, 0) is 0 Å². The Labute approximate surface area is 104 Å². The first-order valence-electron chi connectivity index (χ1n) is 5.71. The van der Waals surface area contributed by atoms with Gasteiger partial charge in [0, 0.05) is 12.1 Å². The van der Waals surface area contributed by atoms with Gasteiger partial charge in [-0.3, -0.25) is 10.1 Å². The average molecular weight is 247 g/mol. The van der Waals surface area contributed by atoms with Crippen LogP contribution in [0.1, 0.15) is 24.8 Å². The van der Waals surface area contributed by atoms with E-state index in [0.29, 0.717) is 6.42 Å². The first kappa shape index (κ1) is 12.3. The molecule has 0 aliphatic heterocycles. The second kappa shape index (κ2) is 5.02. The van der Waals surface area contributed by atoms with E-state index in [1.54, 1.807) is 0 Å². The monoisotopic (exact) mass is 247 g/mol. The molecule has 0 bridgehead atoms. The molecule has 2 rings (SSSR count). The van der Waals surface area contributed by atoms with Crippen molar-refractivity contribution in [2.75, 3.05) is 0 Å². The number of nitrogens with zero attached hydrogens (tertiary/aromatic N) is 2. The van der Waals surface area contributed by atoms with E-state index in [-0.39, 0.29) is 29.1 Å². The van der Waals surface area contributed by atoms with Gasteiger partial charge in [-0.15, -0.1) is 0 Å². The van der Waals surface area contributed by atoms with Crippen LogP contribution in [0.5, 0.6) is 5.75 Å². The molecular weight excluding hydrogens is 234 g/mol. The van der Waals surface area contributed by atoms with Gasteiger partial charge >= 0.3 is 5.69 Å². The van der Waals surface area contributed by atoms with Crippen molar-refractivity contribution in [1.29, 1.82) is 5.26 Å². The molecule has 1 aromatic rings. The Morgan fingerprint density at radius 2 is 2.28 bits per heavy atom. The summed E-state index contributed by atoms with van der Waals surface area (Å²) in [7, 11) is 0. The molecule has 1 fully saturated rings. The molecular formula is C12H13N3O3. The molecule has 6 heteroatoms. The lowest BCUT2D eigenvalue weighted by molar-refractivity contribution is -0.386. The van der Waals surface area contributed by atoms with Crippen molar-refractivity contribution in [2.45, 2.75) is 31.4 Å². The van der Waals surface area contributed by atoms with E-state index in [0.717, 1.165) is 12.8 Å². The quantitative estimate of drug-likeness (QED) is 0.647. The van der Waals surface area contributed by atoms with Gasteiger partial charge in [-0.05, 0) is 31.4 Å². The van der Waals surface area contributed by atoms with Gasteiger partial charge < -0.3 is 10.5 Å². The number of nitro benzene ring substituents is 1. The summed E-state index contributed by atoms with van der Waals surface area (Å²) in [4.78, 5) is 10.4. The summed E-state index contributed by atoms with van der Waals surface area (Å²) >= 11 is 0. The van der Waals surface area contributed by atoms with Crippen LogP contribution in [0.25, 0.3) is 0 Å².